The first-order valence-electron chi connectivity index (χ1n) is 4.73. The number of hydrogen-bond donors (Lipinski definition) is 1. The summed E-state index contributed by atoms with van der Waals surface area (Å²) in [5.74, 6) is 0.0161. The van der Waals surface area contributed by atoms with Crippen LogP contribution in [-0.2, 0) is 14.7 Å². The minimum atomic E-state index is -3.19. The maximum atomic E-state index is 11.7. The molecule has 0 unspecified atom stereocenters. The summed E-state index contributed by atoms with van der Waals surface area (Å²) in [6.45, 7) is 0.208. The van der Waals surface area contributed by atoms with E-state index in [0.29, 0.717) is 4.90 Å². The Hall–Kier alpha value is -0.910. The second-order valence-electron chi connectivity index (χ2n) is 3.39. The SMILES string of the molecule is C[NH+](C)OCCS(=O)(=O)c1ccccc1. The third-order valence-corrected chi connectivity index (χ3v) is 3.54. The van der Waals surface area contributed by atoms with Crippen molar-refractivity contribution >= 4 is 9.84 Å². The summed E-state index contributed by atoms with van der Waals surface area (Å²) in [6, 6.07) is 8.41. The highest BCUT2D eigenvalue weighted by atomic mass is 32.2. The molecule has 5 heteroatoms. The average Bonchev–Trinajstić information content (AvgIpc) is 2.18. The van der Waals surface area contributed by atoms with Crippen LogP contribution in [0.1, 0.15) is 0 Å². The van der Waals surface area contributed by atoms with Crippen molar-refractivity contribution in [1.82, 2.24) is 0 Å². The molecule has 0 spiro atoms. The Morgan fingerprint density at radius 1 is 1.20 bits per heavy atom. The highest BCUT2D eigenvalue weighted by molar-refractivity contribution is 7.91. The molecule has 1 rings (SSSR count). The maximum absolute atomic E-state index is 11.7. The molecule has 0 saturated carbocycles. The van der Waals surface area contributed by atoms with Gasteiger partial charge in [0.15, 0.2) is 9.84 Å². The standard InChI is InChI=1S/C10H15NO3S/c1-11(2)14-8-9-15(12,13)10-6-4-3-5-7-10/h3-7H,8-9H2,1-2H3/p+1. The van der Waals surface area contributed by atoms with Crippen LogP contribution in [0.4, 0.5) is 0 Å². The summed E-state index contributed by atoms with van der Waals surface area (Å²) >= 11 is 0. The van der Waals surface area contributed by atoms with Crippen molar-refractivity contribution < 1.29 is 18.3 Å². The predicted octanol–water partition coefficient (Wildman–Crippen LogP) is -0.464. The Bertz CT molecular complexity index is 386. The number of hydroxylamine groups is 2. The van der Waals surface area contributed by atoms with Gasteiger partial charge in [0.05, 0.1) is 24.7 Å². The highest BCUT2D eigenvalue weighted by Gasteiger charge is 2.14. The summed E-state index contributed by atoms with van der Waals surface area (Å²) in [5, 5.41) is 0.776. The van der Waals surface area contributed by atoms with E-state index in [0.717, 1.165) is 5.06 Å². The van der Waals surface area contributed by atoms with Gasteiger partial charge >= 0.3 is 0 Å². The van der Waals surface area contributed by atoms with E-state index in [4.69, 9.17) is 4.84 Å². The predicted molar refractivity (Wildman–Crippen MR) is 57.3 cm³/mol. The Kier molecular flexibility index (Phi) is 4.26. The molecule has 0 radical (unpaired) electrons. The summed E-state index contributed by atoms with van der Waals surface area (Å²) in [7, 11) is 0.407. The Morgan fingerprint density at radius 3 is 2.33 bits per heavy atom. The van der Waals surface area contributed by atoms with E-state index < -0.39 is 9.84 Å². The number of hydrogen-bond acceptors (Lipinski definition) is 3. The summed E-state index contributed by atoms with van der Waals surface area (Å²) in [5.41, 5.74) is 0. The Morgan fingerprint density at radius 2 is 1.80 bits per heavy atom. The van der Waals surface area contributed by atoms with Crippen LogP contribution in [0.3, 0.4) is 0 Å². The van der Waals surface area contributed by atoms with Gasteiger partial charge in [0.25, 0.3) is 0 Å². The summed E-state index contributed by atoms with van der Waals surface area (Å²) in [4.78, 5) is 5.49. The topological polar surface area (TPSA) is 47.8 Å². The molecular weight excluding hydrogens is 214 g/mol. The number of quaternary nitrogens is 1. The van der Waals surface area contributed by atoms with Crippen LogP contribution in [0.25, 0.3) is 0 Å². The Balaban J connectivity index is 2.61. The van der Waals surface area contributed by atoms with Crippen LogP contribution >= 0.6 is 0 Å². The van der Waals surface area contributed by atoms with Gasteiger partial charge in [-0.15, -0.1) is 0 Å². The third-order valence-electron chi connectivity index (χ3n) is 1.85. The first-order chi connectivity index (χ1) is 7.02. The molecule has 0 aliphatic rings. The number of benzene rings is 1. The molecule has 0 atom stereocenters. The molecule has 1 aromatic rings. The lowest BCUT2D eigenvalue weighted by atomic mass is 10.4. The van der Waals surface area contributed by atoms with E-state index in [9.17, 15) is 8.42 Å². The van der Waals surface area contributed by atoms with Crippen LogP contribution in [0.15, 0.2) is 35.2 Å². The van der Waals surface area contributed by atoms with Gasteiger partial charge in [-0.25, -0.2) is 13.3 Å². The zero-order valence-corrected chi connectivity index (χ0v) is 9.75. The molecule has 0 saturated heterocycles. The van der Waals surface area contributed by atoms with E-state index in [1.165, 1.54) is 0 Å². The molecular formula is C10H16NO3S+. The zero-order valence-electron chi connectivity index (χ0n) is 8.93. The highest BCUT2D eigenvalue weighted by Crippen LogP contribution is 2.09. The molecule has 84 valence electrons. The van der Waals surface area contributed by atoms with Crippen LogP contribution in [0, 0.1) is 0 Å². The molecule has 0 aliphatic carbocycles. The van der Waals surface area contributed by atoms with Crippen molar-refractivity contribution in [3.8, 4) is 0 Å². The van der Waals surface area contributed by atoms with E-state index in [1.807, 2.05) is 0 Å². The smallest absolute Gasteiger partial charge is 0.180 e. The molecule has 1 aromatic carbocycles. The van der Waals surface area contributed by atoms with Gasteiger partial charge in [0.2, 0.25) is 0 Å². The molecule has 0 aliphatic heterocycles. The van der Waals surface area contributed by atoms with Crippen molar-refractivity contribution in [2.24, 2.45) is 0 Å². The maximum Gasteiger partial charge on any atom is 0.180 e. The first-order valence-corrected chi connectivity index (χ1v) is 6.38. The van der Waals surface area contributed by atoms with Crippen LogP contribution in [-0.4, -0.2) is 34.9 Å². The van der Waals surface area contributed by atoms with Crippen molar-refractivity contribution in [1.29, 1.82) is 0 Å². The van der Waals surface area contributed by atoms with Gasteiger partial charge in [-0.2, -0.15) is 5.06 Å². The quantitative estimate of drug-likeness (QED) is 0.696. The summed E-state index contributed by atoms with van der Waals surface area (Å²) in [6.07, 6.45) is 0. The van der Waals surface area contributed by atoms with Gasteiger partial charge < -0.3 is 0 Å². The lowest BCUT2D eigenvalue weighted by Gasteiger charge is -2.07. The second kappa shape index (κ2) is 5.25. The van der Waals surface area contributed by atoms with Crippen molar-refractivity contribution in [3.05, 3.63) is 30.3 Å². The van der Waals surface area contributed by atoms with E-state index >= 15 is 0 Å². The van der Waals surface area contributed by atoms with Crippen LogP contribution < -0.4 is 5.06 Å². The van der Waals surface area contributed by atoms with Gasteiger partial charge in [0, 0.05) is 0 Å². The Labute approximate surface area is 90.3 Å². The molecule has 0 bridgehead atoms. The lowest BCUT2D eigenvalue weighted by molar-refractivity contribution is -1.06. The second-order valence-corrected chi connectivity index (χ2v) is 5.50. The molecule has 0 amide bonds. The minimum absolute atomic E-state index is 0.0161. The minimum Gasteiger partial charge on any atom is -0.224 e. The fourth-order valence-corrected chi connectivity index (χ4v) is 2.21. The van der Waals surface area contributed by atoms with Gasteiger partial charge in [0.1, 0.15) is 6.61 Å². The third kappa shape index (κ3) is 3.99. The fraction of sp³-hybridized carbons (Fsp3) is 0.400. The molecule has 4 nitrogen and oxygen atoms in total. The molecule has 0 heterocycles. The summed E-state index contributed by atoms with van der Waals surface area (Å²) < 4.78 is 23.4. The fourth-order valence-electron chi connectivity index (χ4n) is 1.10. The average molecular weight is 230 g/mol. The molecule has 0 fully saturated rings. The largest absolute Gasteiger partial charge is 0.224 e. The molecule has 15 heavy (non-hydrogen) atoms. The van der Waals surface area contributed by atoms with Crippen molar-refractivity contribution in [3.63, 3.8) is 0 Å². The van der Waals surface area contributed by atoms with E-state index in [2.05, 4.69) is 0 Å². The van der Waals surface area contributed by atoms with Crippen molar-refractivity contribution in [2.45, 2.75) is 4.90 Å². The van der Waals surface area contributed by atoms with E-state index in [-0.39, 0.29) is 12.4 Å². The van der Waals surface area contributed by atoms with Crippen molar-refractivity contribution in [2.75, 3.05) is 26.5 Å². The number of sulfone groups is 1. The number of rotatable bonds is 5. The monoisotopic (exact) mass is 230 g/mol. The van der Waals surface area contributed by atoms with Gasteiger partial charge in [-0.1, -0.05) is 18.2 Å². The van der Waals surface area contributed by atoms with Gasteiger partial charge in [-0.3, -0.25) is 0 Å². The normalized spacial score (nSPS) is 11.9. The molecule has 1 N–H and O–H groups in total. The lowest BCUT2D eigenvalue weighted by Crippen LogP contribution is -3.04. The zero-order chi connectivity index (χ0) is 11.3. The van der Waals surface area contributed by atoms with Crippen LogP contribution in [0.5, 0.6) is 0 Å². The van der Waals surface area contributed by atoms with Crippen LogP contribution in [0.2, 0.25) is 0 Å². The number of nitrogens with one attached hydrogen (secondary N) is 1. The molecule has 0 aromatic heterocycles. The first kappa shape index (κ1) is 12.2. The van der Waals surface area contributed by atoms with Gasteiger partial charge in [-0.05, 0) is 12.1 Å². The van der Waals surface area contributed by atoms with E-state index in [1.54, 1.807) is 44.4 Å².